The summed E-state index contributed by atoms with van der Waals surface area (Å²) in [7, 11) is 1.04. The van der Waals surface area contributed by atoms with E-state index in [0.717, 1.165) is 13.0 Å². The number of para-hydroxylation sites is 1. The Kier molecular flexibility index (Phi) is 1.90. The summed E-state index contributed by atoms with van der Waals surface area (Å²) < 4.78 is 5.56. The van der Waals surface area contributed by atoms with Crippen LogP contribution >= 0.6 is 0 Å². The molecule has 0 bridgehead atoms. The normalized spacial score (nSPS) is 13.4. The van der Waals surface area contributed by atoms with E-state index in [4.69, 9.17) is 4.74 Å². The summed E-state index contributed by atoms with van der Waals surface area (Å²) in [6, 6.07) is 6.29. The van der Waals surface area contributed by atoms with Gasteiger partial charge in [0.05, 0.1) is 0 Å². The molecule has 1 heterocycles. The summed E-state index contributed by atoms with van der Waals surface area (Å²) in [5.41, 5.74) is 2.51. The van der Waals surface area contributed by atoms with Crippen molar-refractivity contribution in [2.75, 3.05) is 6.61 Å². The molecule has 1 aliphatic heterocycles. The second kappa shape index (κ2) is 3.06. The van der Waals surface area contributed by atoms with E-state index in [1.54, 1.807) is 0 Å². The van der Waals surface area contributed by atoms with E-state index in [9.17, 15) is 0 Å². The van der Waals surface area contributed by atoms with Gasteiger partial charge in [0.25, 0.3) is 0 Å². The molecule has 0 aromatic heterocycles. The van der Waals surface area contributed by atoms with Crippen molar-refractivity contribution in [3.05, 3.63) is 29.8 Å². The Labute approximate surface area is 73.3 Å². The number of hydrogen-bond donors (Lipinski definition) is 0. The van der Waals surface area contributed by atoms with Gasteiger partial charge < -0.3 is 4.74 Å². The molecule has 0 saturated heterocycles. The molecule has 2 heteroatoms. The molecule has 1 aliphatic rings. The Balaban J connectivity index is 2.53. The fraction of sp³-hybridized carbons (Fsp3) is 0.200. The monoisotopic (exact) mass is 158 g/mol. The first-order chi connectivity index (χ1) is 5.92. The van der Waals surface area contributed by atoms with E-state index >= 15 is 0 Å². The van der Waals surface area contributed by atoms with Crippen molar-refractivity contribution in [2.45, 2.75) is 6.82 Å². The molecule has 0 spiro atoms. The predicted molar refractivity (Wildman–Crippen MR) is 53.6 cm³/mol. The lowest BCUT2D eigenvalue weighted by atomic mass is 9.72. The summed E-state index contributed by atoms with van der Waals surface area (Å²) in [6.45, 7) is 2.86. The maximum atomic E-state index is 5.56. The highest BCUT2D eigenvalue weighted by atomic mass is 16.5. The van der Waals surface area contributed by atoms with Crippen molar-refractivity contribution in [3.63, 3.8) is 0 Å². The van der Waals surface area contributed by atoms with E-state index in [1.807, 2.05) is 6.08 Å². The number of ether oxygens (including phenoxy) is 1. The molecule has 1 aromatic carbocycles. The molecule has 1 nitrogen and oxygen atoms in total. The van der Waals surface area contributed by atoms with Crippen LogP contribution in [0.3, 0.4) is 0 Å². The number of hydrogen-bond acceptors (Lipinski definition) is 1. The van der Waals surface area contributed by atoms with Gasteiger partial charge >= 0.3 is 0 Å². The van der Waals surface area contributed by atoms with Gasteiger partial charge in [-0.15, -0.1) is 0 Å². The lowest BCUT2D eigenvalue weighted by Gasteiger charge is -2.15. The Morgan fingerprint density at radius 2 is 2.33 bits per heavy atom. The molecule has 0 atom stereocenters. The van der Waals surface area contributed by atoms with E-state index < -0.39 is 0 Å². The van der Waals surface area contributed by atoms with E-state index in [0.29, 0.717) is 6.61 Å². The number of benzene rings is 1. The third-order valence-corrected chi connectivity index (χ3v) is 2.13. The van der Waals surface area contributed by atoms with Crippen molar-refractivity contribution in [3.8, 4) is 5.75 Å². The van der Waals surface area contributed by atoms with E-state index in [1.165, 1.54) is 11.0 Å². The molecule has 0 N–H and O–H groups in total. The van der Waals surface area contributed by atoms with Gasteiger partial charge in [-0.3, -0.25) is 0 Å². The largest absolute Gasteiger partial charge is 0.489 e. The predicted octanol–water partition coefficient (Wildman–Crippen LogP) is 1.20. The molecule has 0 radical (unpaired) electrons. The first kappa shape index (κ1) is 7.47. The highest BCUT2D eigenvalue weighted by Crippen LogP contribution is 2.20. The van der Waals surface area contributed by atoms with Gasteiger partial charge in [-0.2, -0.15) is 0 Å². The molecular weight excluding hydrogens is 147 g/mol. The lowest BCUT2D eigenvalue weighted by Crippen LogP contribution is -2.17. The number of rotatable bonds is 1. The van der Waals surface area contributed by atoms with Crippen molar-refractivity contribution in [1.29, 1.82) is 0 Å². The van der Waals surface area contributed by atoms with Crippen LogP contribution in [0.4, 0.5) is 0 Å². The van der Waals surface area contributed by atoms with Crippen molar-refractivity contribution >= 4 is 18.8 Å². The molecule has 12 heavy (non-hydrogen) atoms. The molecule has 1 aromatic rings. The van der Waals surface area contributed by atoms with Crippen molar-refractivity contribution in [2.24, 2.45) is 0 Å². The summed E-state index contributed by atoms with van der Waals surface area (Å²) in [5, 5.41) is 0. The zero-order chi connectivity index (χ0) is 8.39. The minimum absolute atomic E-state index is 0.712. The Morgan fingerprint density at radius 3 is 3.17 bits per heavy atom. The summed E-state index contributed by atoms with van der Waals surface area (Å²) in [5.74, 6) is 1.07. The van der Waals surface area contributed by atoms with Gasteiger partial charge in [0.15, 0.2) is 7.28 Å². The second-order valence-corrected chi connectivity index (χ2v) is 2.90. The van der Waals surface area contributed by atoms with Gasteiger partial charge in [-0.1, -0.05) is 31.1 Å². The third-order valence-electron chi connectivity index (χ3n) is 2.13. The molecule has 0 fully saturated rings. The third kappa shape index (κ3) is 1.13. The van der Waals surface area contributed by atoms with Crippen LogP contribution in [0.1, 0.15) is 5.56 Å². The second-order valence-electron chi connectivity index (χ2n) is 2.90. The Morgan fingerprint density at radius 1 is 1.42 bits per heavy atom. The molecule has 0 amide bonds. The van der Waals surface area contributed by atoms with Gasteiger partial charge in [0.1, 0.15) is 12.4 Å². The molecule has 0 aliphatic carbocycles. The summed E-state index contributed by atoms with van der Waals surface area (Å²) in [4.78, 5) is 0. The molecule has 0 saturated carbocycles. The minimum atomic E-state index is 0.712. The van der Waals surface area contributed by atoms with Crippen LogP contribution in [0, 0.1) is 0 Å². The smallest absolute Gasteiger partial charge is 0.159 e. The van der Waals surface area contributed by atoms with Crippen LogP contribution in [-0.2, 0) is 0 Å². The van der Waals surface area contributed by atoms with E-state index in [2.05, 4.69) is 31.1 Å². The summed E-state index contributed by atoms with van der Waals surface area (Å²) in [6.07, 6.45) is 4.17. The van der Waals surface area contributed by atoms with Gasteiger partial charge in [0, 0.05) is 5.56 Å². The Hall–Kier alpha value is -1.18. The topological polar surface area (TPSA) is 9.23 Å². The summed E-state index contributed by atoms with van der Waals surface area (Å²) >= 11 is 0. The molecule has 60 valence electrons. The zero-order valence-corrected chi connectivity index (χ0v) is 7.21. The van der Waals surface area contributed by atoms with Crippen molar-refractivity contribution in [1.82, 2.24) is 0 Å². The molecule has 0 unspecified atom stereocenters. The minimum Gasteiger partial charge on any atom is -0.489 e. The maximum absolute atomic E-state index is 5.56. The van der Waals surface area contributed by atoms with Crippen LogP contribution in [0.15, 0.2) is 24.3 Å². The van der Waals surface area contributed by atoms with Crippen LogP contribution in [0.25, 0.3) is 6.08 Å². The highest BCUT2D eigenvalue weighted by molar-refractivity contribution is 6.53. The first-order valence-electron chi connectivity index (χ1n) is 4.33. The fourth-order valence-electron chi connectivity index (χ4n) is 1.50. The van der Waals surface area contributed by atoms with Gasteiger partial charge in [-0.25, -0.2) is 0 Å². The van der Waals surface area contributed by atoms with Crippen LogP contribution in [0.2, 0.25) is 6.82 Å². The molecular formula is C10H11BO. The molecule has 2 rings (SSSR count). The standard InChI is InChI=1S/C10H11BO/c1-11-9-6-2-4-8-5-3-7-12-10(8)9/h2-6,11H,7H2,1H3. The fourth-order valence-corrected chi connectivity index (χ4v) is 1.50. The van der Waals surface area contributed by atoms with Crippen molar-refractivity contribution < 1.29 is 4.74 Å². The van der Waals surface area contributed by atoms with Gasteiger partial charge in [0.2, 0.25) is 0 Å². The average molecular weight is 158 g/mol. The number of fused-ring (bicyclic) bond motifs is 1. The first-order valence-corrected chi connectivity index (χ1v) is 4.33. The quantitative estimate of drug-likeness (QED) is 0.558. The SMILES string of the molecule is CBc1cccc2c1OCC=C2. The van der Waals surface area contributed by atoms with E-state index in [-0.39, 0.29) is 0 Å². The van der Waals surface area contributed by atoms with Gasteiger partial charge in [-0.05, 0) is 11.5 Å². The Bertz CT molecular complexity index is 318. The lowest BCUT2D eigenvalue weighted by molar-refractivity contribution is 0.361. The zero-order valence-electron chi connectivity index (χ0n) is 7.21. The maximum Gasteiger partial charge on any atom is 0.159 e. The van der Waals surface area contributed by atoms with Crippen LogP contribution < -0.4 is 10.2 Å². The van der Waals surface area contributed by atoms with Crippen LogP contribution in [0.5, 0.6) is 5.75 Å². The average Bonchev–Trinajstić information content (AvgIpc) is 2.17. The van der Waals surface area contributed by atoms with Crippen LogP contribution in [-0.4, -0.2) is 13.9 Å². The highest BCUT2D eigenvalue weighted by Gasteiger charge is 2.08.